The van der Waals surface area contributed by atoms with Crippen LogP contribution < -0.4 is 0 Å². The molecule has 0 radical (unpaired) electrons. The summed E-state index contributed by atoms with van der Waals surface area (Å²) in [6.45, 7) is 6.83. The molecule has 2 atom stereocenters. The summed E-state index contributed by atoms with van der Waals surface area (Å²) >= 11 is 0. The van der Waals surface area contributed by atoms with Crippen LogP contribution in [0.15, 0.2) is 54.9 Å². The maximum Gasteiger partial charge on any atom is 0.123 e. The highest BCUT2D eigenvalue weighted by molar-refractivity contribution is 5.92. The lowest BCUT2D eigenvalue weighted by Crippen LogP contribution is -2.32. The third-order valence-corrected chi connectivity index (χ3v) is 6.33. The van der Waals surface area contributed by atoms with Crippen LogP contribution in [0.5, 0.6) is 0 Å². The molecule has 4 heteroatoms. The number of halogens is 1. The number of nitrogens with zero attached hydrogens (tertiary/aromatic N) is 2. The van der Waals surface area contributed by atoms with Crippen molar-refractivity contribution in [2.75, 3.05) is 13.1 Å². The van der Waals surface area contributed by atoms with Crippen LogP contribution in [0, 0.1) is 18.7 Å². The molecule has 5 rings (SSSR count). The first-order valence-electron chi connectivity index (χ1n) is 10.4. The van der Waals surface area contributed by atoms with Crippen molar-refractivity contribution in [1.29, 1.82) is 0 Å². The van der Waals surface area contributed by atoms with Crippen LogP contribution in [-0.4, -0.2) is 34.0 Å². The summed E-state index contributed by atoms with van der Waals surface area (Å²) < 4.78 is 13.5. The fourth-order valence-corrected chi connectivity index (χ4v) is 5.06. The monoisotopic (exact) mass is 387 g/mol. The summed E-state index contributed by atoms with van der Waals surface area (Å²) in [5.74, 6) is 0.547. The Morgan fingerprint density at radius 1 is 1.03 bits per heavy atom. The van der Waals surface area contributed by atoms with Gasteiger partial charge in [-0.3, -0.25) is 9.88 Å². The Labute approximate surface area is 171 Å². The van der Waals surface area contributed by atoms with Gasteiger partial charge in [0, 0.05) is 48.3 Å². The largest absolute Gasteiger partial charge is 0.358 e. The first kappa shape index (κ1) is 18.3. The van der Waals surface area contributed by atoms with Gasteiger partial charge in [0.05, 0.1) is 5.69 Å². The van der Waals surface area contributed by atoms with Crippen LogP contribution in [0.25, 0.3) is 28.0 Å². The summed E-state index contributed by atoms with van der Waals surface area (Å²) in [5, 5.41) is 0. The second kappa shape index (κ2) is 7.27. The molecule has 0 spiro atoms. The van der Waals surface area contributed by atoms with Gasteiger partial charge < -0.3 is 4.98 Å². The Bertz CT molecular complexity index is 1050. The van der Waals surface area contributed by atoms with Crippen molar-refractivity contribution >= 4 is 5.57 Å². The highest BCUT2D eigenvalue weighted by Gasteiger charge is 2.32. The van der Waals surface area contributed by atoms with Crippen LogP contribution >= 0.6 is 0 Å². The van der Waals surface area contributed by atoms with E-state index < -0.39 is 0 Å². The van der Waals surface area contributed by atoms with Gasteiger partial charge in [-0.1, -0.05) is 13.0 Å². The number of benzene rings is 1. The smallest absolute Gasteiger partial charge is 0.123 e. The van der Waals surface area contributed by atoms with Crippen molar-refractivity contribution in [1.82, 2.24) is 14.9 Å². The van der Waals surface area contributed by atoms with Gasteiger partial charge in [0.1, 0.15) is 5.82 Å². The van der Waals surface area contributed by atoms with Crippen molar-refractivity contribution in [3.63, 3.8) is 0 Å². The summed E-state index contributed by atoms with van der Waals surface area (Å²) in [7, 11) is 0. The standard InChI is InChI=1S/C25H26FN3/c1-16-13-22-14-20(9-12-29(22)15-16)23-17(2)28-25(19-3-5-21(26)6-4-19)24(23)18-7-10-27-11-8-18/h3-8,10-11,14,16,22,28H,9,12-13,15H2,1-2H3. The number of nitrogens with one attached hydrogen (secondary N) is 1. The number of H-pyrrole nitrogens is 1. The molecule has 0 saturated carbocycles. The van der Waals surface area contributed by atoms with Crippen LogP contribution in [-0.2, 0) is 0 Å². The fraction of sp³-hybridized carbons (Fsp3) is 0.320. The molecule has 1 fully saturated rings. The number of hydrogen-bond acceptors (Lipinski definition) is 2. The summed E-state index contributed by atoms with van der Waals surface area (Å²) in [6.07, 6.45) is 8.46. The van der Waals surface area contributed by atoms with Gasteiger partial charge in [-0.25, -0.2) is 4.39 Å². The predicted molar refractivity (Wildman–Crippen MR) is 116 cm³/mol. The van der Waals surface area contributed by atoms with E-state index in [4.69, 9.17) is 0 Å². The van der Waals surface area contributed by atoms with Gasteiger partial charge in [0.25, 0.3) is 0 Å². The molecule has 1 N–H and O–H groups in total. The first-order valence-corrected chi connectivity index (χ1v) is 10.4. The maximum atomic E-state index is 13.5. The van der Waals surface area contributed by atoms with E-state index in [0.29, 0.717) is 6.04 Å². The lowest BCUT2D eigenvalue weighted by Gasteiger charge is -2.29. The minimum atomic E-state index is -0.215. The molecule has 3 aromatic rings. The van der Waals surface area contributed by atoms with Gasteiger partial charge in [-0.05, 0) is 78.8 Å². The quantitative estimate of drug-likeness (QED) is 0.626. The van der Waals surface area contributed by atoms with Gasteiger partial charge in [-0.15, -0.1) is 0 Å². The lowest BCUT2D eigenvalue weighted by atomic mass is 9.89. The molecule has 3 nitrogen and oxygen atoms in total. The molecule has 4 heterocycles. The lowest BCUT2D eigenvalue weighted by molar-refractivity contribution is 0.283. The first-order chi connectivity index (χ1) is 14.1. The van der Waals surface area contributed by atoms with Crippen molar-refractivity contribution in [2.45, 2.75) is 32.7 Å². The number of hydrogen-bond donors (Lipinski definition) is 1. The molecule has 0 aliphatic carbocycles. The van der Waals surface area contributed by atoms with E-state index in [1.165, 1.54) is 47.5 Å². The van der Waals surface area contributed by atoms with Gasteiger partial charge in [-0.2, -0.15) is 0 Å². The molecule has 2 aliphatic rings. The van der Waals surface area contributed by atoms with E-state index in [0.717, 1.165) is 35.7 Å². The van der Waals surface area contributed by atoms with E-state index in [2.05, 4.69) is 46.9 Å². The minimum Gasteiger partial charge on any atom is -0.358 e. The van der Waals surface area contributed by atoms with E-state index in [-0.39, 0.29) is 5.82 Å². The second-order valence-electron chi connectivity index (χ2n) is 8.46. The minimum absolute atomic E-state index is 0.215. The molecule has 2 unspecified atom stereocenters. The summed E-state index contributed by atoms with van der Waals surface area (Å²) in [4.78, 5) is 10.4. The number of fused-ring (bicyclic) bond motifs is 1. The Hall–Kier alpha value is -2.72. The molecule has 29 heavy (non-hydrogen) atoms. The van der Waals surface area contributed by atoms with Gasteiger partial charge >= 0.3 is 0 Å². The predicted octanol–water partition coefficient (Wildman–Crippen LogP) is 5.69. The third kappa shape index (κ3) is 3.32. The third-order valence-electron chi connectivity index (χ3n) is 6.33. The van der Waals surface area contributed by atoms with Crippen LogP contribution in [0.3, 0.4) is 0 Å². The molecule has 1 saturated heterocycles. The van der Waals surface area contributed by atoms with E-state index in [1.807, 2.05) is 24.5 Å². The maximum absolute atomic E-state index is 13.5. The molecule has 1 aromatic carbocycles. The van der Waals surface area contributed by atoms with Crippen molar-refractivity contribution < 1.29 is 4.39 Å². The molecule has 2 aliphatic heterocycles. The molecule has 148 valence electrons. The number of rotatable bonds is 3. The Morgan fingerprint density at radius 2 is 1.79 bits per heavy atom. The molecule has 0 bridgehead atoms. The van der Waals surface area contributed by atoms with Crippen LogP contribution in [0.2, 0.25) is 0 Å². The fourth-order valence-electron chi connectivity index (χ4n) is 5.06. The number of aryl methyl sites for hydroxylation is 1. The number of pyridine rings is 1. The number of aromatic nitrogens is 2. The highest BCUT2D eigenvalue weighted by atomic mass is 19.1. The van der Waals surface area contributed by atoms with Gasteiger partial charge in [0.15, 0.2) is 0 Å². The highest BCUT2D eigenvalue weighted by Crippen LogP contribution is 2.43. The topological polar surface area (TPSA) is 31.9 Å². The van der Waals surface area contributed by atoms with E-state index in [9.17, 15) is 4.39 Å². The molecular formula is C25H26FN3. The van der Waals surface area contributed by atoms with E-state index >= 15 is 0 Å². The Kier molecular flexibility index (Phi) is 4.59. The second-order valence-corrected chi connectivity index (χ2v) is 8.46. The normalized spacial score (nSPS) is 21.8. The Balaban J connectivity index is 1.68. The van der Waals surface area contributed by atoms with Crippen LogP contribution in [0.1, 0.15) is 31.0 Å². The number of aromatic amines is 1. The SMILES string of the molecule is Cc1[nH]c(-c2ccc(F)cc2)c(-c2ccncc2)c1C1=CC2CC(C)CN2CC1. The summed E-state index contributed by atoms with van der Waals surface area (Å²) in [6, 6.07) is 11.4. The van der Waals surface area contributed by atoms with Crippen molar-refractivity contribution in [2.24, 2.45) is 5.92 Å². The van der Waals surface area contributed by atoms with E-state index in [1.54, 1.807) is 0 Å². The van der Waals surface area contributed by atoms with Crippen LogP contribution in [0.4, 0.5) is 4.39 Å². The average Bonchev–Trinajstić information content (AvgIpc) is 3.27. The molecule has 2 aromatic heterocycles. The average molecular weight is 388 g/mol. The zero-order valence-electron chi connectivity index (χ0n) is 17.0. The molecular weight excluding hydrogens is 361 g/mol. The zero-order chi connectivity index (χ0) is 20.0. The van der Waals surface area contributed by atoms with Crippen molar-refractivity contribution in [3.05, 3.63) is 71.9 Å². The molecule has 0 amide bonds. The van der Waals surface area contributed by atoms with Gasteiger partial charge in [0.2, 0.25) is 0 Å². The van der Waals surface area contributed by atoms with Crippen molar-refractivity contribution in [3.8, 4) is 22.4 Å². The summed E-state index contributed by atoms with van der Waals surface area (Å²) in [5.41, 5.74) is 8.28. The Morgan fingerprint density at radius 3 is 2.55 bits per heavy atom. The zero-order valence-corrected chi connectivity index (χ0v) is 17.0.